The van der Waals surface area contributed by atoms with Gasteiger partial charge in [-0.1, -0.05) is 60.4 Å². The highest BCUT2D eigenvalue weighted by molar-refractivity contribution is 5.51. The fourth-order valence-corrected chi connectivity index (χ4v) is 2.38. The highest BCUT2D eigenvalue weighted by Gasteiger charge is 2.08. The molecule has 3 aromatic carbocycles. The van der Waals surface area contributed by atoms with Crippen molar-refractivity contribution in [3.63, 3.8) is 0 Å². The first kappa shape index (κ1) is 15.7. The van der Waals surface area contributed by atoms with Crippen molar-refractivity contribution in [1.29, 1.82) is 0 Å². The van der Waals surface area contributed by atoms with Gasteiger partial charge >= 0.3 is 0 Å². The van der Waals surface area contributed by atoms with Gasteiger partial charge in [-0.3, -0.25) is 0 Å². The van der Waals surface area contributed by atoms with E-state index in [4.69, 9.17) is 4.74 Å². The van der Waals surface area contributed by atoms with E-state index in [1.807, 2.05) is 72.8 Å². The minimum Gasteiger partial charge on any atom is -0.497 e. The van der Waals surface area contributed by atoms with Crippen LogP contribution in [0.3, 0.4) is 0 Å². The first-order valence-corrected chi connectivity index (χ1v) is 7.87. The van der Waals surface area contributed by atoms with E-state index in [1.165, 1.54) is 0 Å². The summed E-state index contributed by atoms with van der Waals surface area (Å²) in [5.41, 5.74) is 3.15. The average Bonchev–Trinajstić information content (AvgIpc) is 2.67. The van der Waals surface area contributed by atoms with Crippen LogP contribution >= 0.6 is 0 Å². The van der Waals surface area contributed by atoms with Crippen molar-refractivity contribution >= 4 is 5.69 Å². The van der Waals surface area contributed by atoms with Crippen molar-refractivity contribution in [2.24, 2.45) is 0 Å². The Bertz CT molecular complexity index is 815. The largest absolute Gasteiger partial charge is 0.497 e. The Morgan fingerprint density at radius 3 is 2.04 bits per heavy atom. The van der Waals surface area contributed by atoms with E-state index >= 15 is 0 Å². The second-order valence-corrected chi connectivity index (χ2v) is 5.35. The van der Waals surface area contributed by atoms with Crippen LogP contribution in [0.1, 0.15) is 17.2 Å². The molecule has 0 spiro atoms. The molecular weight excluding hydrogens is 294 g/mol. The Balaban J connectivity index is 1.86. The number of methoxy groups -OCH3 is 1. The predicted octanol–water partition coefficient (Wildman–Crippen LogP) is 4.90. The molecule has 1 N–H and O–H groups in total. The van der Waals surface area contributed by atoms with Crippen molar-refractivity contribution in [2.75, 3.05) is 12.4 Å². The van der Waals surface area contributed by atoms with Gasteiger partial charge in [-0.15, -0.1) is 0 Å². The van der Waals surface area contributed by atoms with Gasteiger partial charge in [0.15, 0.2) is 0 Å². The third-order valence-electron chi connectivity index (χ3n) is 3.67. The van der Waals surface area contributed by atoms with E-state index in [0.717, 1.165) is 22.6 Å². The van der Waals surface area contributed by atoms with Gasteiger partial charge in [-0.05, 0) is 42.0 Å². The van der Waals surface area contributed by atoms with Crippen LogP contribution in [-0.2, 0) is 0 Å². The maximum Gasteiger partial charge on any atom is 0.119 e. The Morgan fingerprint density at radius 1 is 0.792 bits per heavy atom. The van der Waals surface area contributed by atoms with Gasteiger partial charge in [0.05, 0.1) is 7.11 Å². The summed E-state index contributed by atoms with van der Waals surface area (Å²) in [6, 6.07) is 28.1. The zero-order valence-corrected chi connectivity index (χ0v) is 13.6. The number of nitrogens with one attached hydrogen (secondary N) is 1. The van der Waals surface area contributed by atoms with Gasteiger partial charge in [0, 0.05) is 11.3 Å². The molecular formula is C22H19NO. The normalized spacial score (nSPS) is 11.0. The second kappa shape index (κ2) is 7.89. The van der Waals surface area contributed by atoms with E-state index in [-0.39, 0.29) is 6.04 Å². The lowest BCUT2D eigenvalue weighted by atomic mass is 10.1. The summed E-state index contributed by atoms with van der Waals surface area (Å²) in [7, 11) is 1.67. The van der Waals surface area contributed by atoms with Crippen LogP contribution in [-0.4, -0.2) is 7.11 Å². The zero-order valence-electron chi connectivity index (χ0n) is 13.6. The molecule has 0 fully saturated rings. The number of ether oxygens (including phenoxy) is 1. The maximum atomic E-state index is 5.21. The van der Waals surface area contributed by atoms with Crippen LogP contribution in [0, 0.1) is 11.8 Å². The molecule has 1 atom stereocenters. The van der Waals surface area contributed by atoms with Crippen molar-refractivity contribution in [2.45, 2.75) is 6.04 Å². The molecule has 0 bridgehead atoms. The number of benzene rings is 3. The predicted molar refractivity (Wildman–Crippen MR) is 99.1 cm³/mol. The summed E-state index contributed by atoms with van der Waals surface area (Å²) < 4.78 is 5.21. The van der Waals surface area contributed by atoms with Crippen LogP contribution in [0.25, 0.3) is 0 Å². The summed E-state index contributed by atoms with van der Waals surface area (Å²) in [6.45, 7) is 0. The van der Waals surface area contributed by atoms with Crippen LogP contribution in [0.2, 0.25) is 0 Å². The maximum absolute atomic E-state index is 5.21. The summed E-state index contributed by atoms with van der Waals surface area (Å²) in [5, 5.41) is 3.49. The first-order valence-electron chi connectivity index (χ1n) is 7.87. The quantitative estimate of drug-likeness (QED) is 0.692. The minimum atomic E-state index is -0.0835. The molecule has 0 amide bonds. The minimum absolute atomic E-state index is 0.0835. The molecule has 0 aliphatic carbocycles. The Kier molecular flexibility index (Phi) is 5.17. The fraction of sp³-hybridized carbons (Fsp3) is 0.0909. The van der Waals surface area contributed by atoms with Gasteiger partial charge in [0.1, 0.15) is 11.8 Å². The zero-order chi connectivity index (χ0) is 16.6. The first-order chi connectivity index (χ1) is 11.8. The molecule has 0 aliphatic rings. The van der Waals surface area contributed by atoms with Crippen molar-refractivity contribution in [1.82, 2.24) is 0 Å². The lowest BCUT2D eigenvalue weighted by molar-refractivity contribution is 0.415. The molecule has 2 heteroatoms. The molecule has 3 aromatic rings. The standard InChI is InChI=1S/C22H19NO/c1-24-21-15-13-20(14-16-21)23-22(19-10-6-3-7-11-19)17-12-18-8-4-2-5-9-18/h2-11,13-16,22-23H,1H3/t22-/m0/s1. The van der Waals surface area contributed by atoms with Crippen molar-refractivity contribution in [3.8, 4) is 17.6 Å². The van der Waals surface area contributed by atoms with E-state index in [9.17, 15) is 0 Å². The van der Waals surface area contributed by atoms with Crippen LogP contribution in [0.15, 0.2) is 84.9 Å². The van der Waals surface area contributed by atoms with Crippen LogP contribution < -0.4 is 10.1 Å². The van der Waals surface area contributed by atoms with Gasteiger partial charge < -0.3 is 10.1 Å². The molecule has 0 radical (unpaired) electrons. The fourth-order valence-electron chi connectivity index (χ4n) is 2.38. The molecule has 0 saturated carbocycles. The number of rotatable bonds is 4. The molecule has 3 rings (SSSR count). The lowest BCUT2D eigenvalue weighted by Gasteiger charge is -2.15. The van der Waals surface area contributed by atoms with Gasteiger partial charge in [-0.2, -0.15) is 0 Å². The molecule has 0 saturated heterocycles. The van der Waals surface area contributed by atoms with Gasteiger partial charge in [0.2, 0.25) is 0 Å². The lowest BCUT2D eigenvalue weighted by Crippen LogP contribution is -2.08. The molecule has 24 heavy (non-hydrogen) atoms. The van der Waals surface area contributed by atoms with E-state index < -0.39 is 0 Å². The summed E-state index contributed by atoms with van der Waals surface area (Å²) >= 11 is 0. The number of anilines is 1. The molecule has 0 unspecified atom stereocenters. The average molecular weight is 313 g/mol. The molecule has 0 aliphatic heterocycles. The Labute approximate surface area is 143 Å². The highest BCUT2D eigenvalue weighted by atomic mass is 16.5. The second-order valence-electron chi connectivity index (χ2n) is 5.35. The van der Waals surface area contributed by atoms with Gasteiger partial charge in [0.25, 0.3) is 0 Å². The molecule has 2 nitrogen and oxygen atoms in total. The van der Waals surface area contributed by atoms with E-state index in [0.29, 0.717) is 0 Å². The molecule has 118 valence electrons. The van der Waals surface area contributed by atoms with Crippen LogP contribution in [0.4, 0.5) is 5.69 Å². The van der Waals surface area contributed by atoms with Gasteiger partial charge in [-0.25, -0.2) is 0 Å². The Morgan fingerprint density at radius 2 is 1.42 bits per heavy atom. The van der Waals surface area contributed by atoms with E-state index in [1.54, 1.807) is 7.11 Å². The SMILES string of the molecule is COc1ccc(N[C@@H](C#Cc2ccccc2)c2ccccc2)cc1. The number of hydrogen-bond acceptors (Lipinski definition) is 2. The summed E-state index contributed by atoms with van der Waals surface area (Å²) in [6.07, 6.45) is 0. The van der Waals surface area contributed by atoms with Crippen LogP contribution in [0.5, 0.6) is 5.75 Å². The highest BCUT2D eigenvalue weighted by Crippen LogP contribution is 2.21. The van der Waals surface area contributed by atoms with E-state index in [2.05, 4.69) is 29.3 Å². The Hall–Kier alpha value is -3.18. The van der Waals surface area contributed by atoms with Crippen molar-refractivity contribution < 1.29 is 4.74 Å². The summed E-state index contributed by atoms with van der Waals surface area (Å²) in [5.74, 6) is 7.43. The molecule has 0 aromatic heterocycles. The smallest absolute Gasteiger partial charge is 0.119 e. The third-order valence-corrected chi connectivity index (χ3v) is 3.67. The topological polar surface area (TPSA) is 21.3 Å². The third kappa shape index (κ3) is 4.18. The van der Waals surface area contributed by atoms with Crippen molar-refractivity contribution in [3.05, 3.63) is 96.1 Å². The number of hydrogen-bond donors (Lipinski definition) is 1. The monoisotopic (exact) mass is 313 g/mol. The summed E-state index contributed by atoms with van der Waals surface area (Å²) in [4.78, 5) is 0. The molecule has 0 heterocycles.